The summed E-state index contributed by atoms with van der Waals surface area (Å²) in [7, 11) is 0. The largest absolute Gasteiger partial charge is 0.348 e. The fraction of sp³-hybridized carbons (Fsp3) is 0.318. The van der Waals surface area contributed by atoms with E-state index in [9.17, 15) is 14.4 Å². The van der Waals surface area contributed by atoms with E-state index in [1.165, 1.54) is 5.56 Å². The molecule has 0 saturated carbocycles. The number of carbonyl (C=O) groups excluding carboxylic acids is 1. The first-order valence-electron chi connectivity index (χ1n) is 9.28. The highest BCUT2D eigenvalue weighted by Gasteiger charge is 2.16. The summed E-state index contributed by atoms with van der Waals surface area (Å²) in [6.45, 7) is 8.08. The summed E-state index contributed by atoms with van der Waals surface area (Å²) in [6.07, 6.45) is 0. The monoisotopic (exact) mass is 379 g/mol. The fourth-order valence-electron chi connectivity index (χ4n) is 3.14. The van der Waals surface area contributed by atoms with Crippen molar-refractivity contribution < 1.29 is 4.79 Å². The van der Waals surface area contributed by atoms with Crippen molar-refractivity contribution in [2.75, 3.05) is 0 Å². The van der Waals surface area contributed by atoms with Gasteiger partial charge >= 0.3 is 0 Å². The molecule has 0 spiro atoms. The lowest BCUT2D eigenvalue weighted by molar-refractivity contribution is -0.122. The number of aromatic amines is 1. The van der Waals surface area contributed by atoms with Crippen LogP contribution in [0.2, 0.25) is 0 Å². The zero-order valence-electron chi connectivity index (χ0n) is 16.6. The second kappa shape index (κ2) is 7.46. The number of fused-ring (bicyclic) bond motifs is 1. The minimum absolute atomic E-state index is 0.0636. The lowest BCUT2D eigenvalue weighted by Gasteiger charge is -2.21. The van der Waals surface area contributed by atoms with Gasteiger partial charge in [-0.25, -0.2) is 4.68 Å². The Morgan fingerprint density at radius 2 is 1.64 bits per heavy atom. The fourth-order valence-corrected chi connectivity index (χ4v) is 3.14. The Balaban J connectivity index is 1.75. The summed E-state index contributed by atoms with van der Waals surface area (Å²) in [6, 6.07) is 14.4. The molecule has 3 aromatic rings. The van der Waals surface area contributed by atoms with Crippen molar-refractivity contribution >= 4 is 16.7 Å². The highest BCUT2D eigenvalue weighted by molar-refractivity contribution is 5.81. The van der Waals surface area contributed by atoms with Crippen molar-refractivity contribution in [2.24, 2.45) is 0 Å². The second-order valence-electron chi connectivity index (χ2n) is 8.04. The quantitative estimate of drug-likeness (QED) is 0.731. The Bertz CT molecular complexity index is 1120. The molecule has 0 aliphatic rings. The molecule has 0 radical (unpaired) electrons. The molecule has 1 atom stereocenters. The maximum absolute atomic E-state index is 12.5. The van der Waals surface area contributed by atoms with Crippen molar-refractivity contribution in [2.45, 2.75) is 45.7 Å². The second-order valence-corrected chi connectivity index (χ2v) is 8.04. The molecule has 0 aliphatic heterocycles. The summed E-state index contributed by atoms with van der Waals surface area (Å²) in [5, 5.41) is 5.96. The summed E-state index contributed by atoms with van der Waals surface area (Å²) < 4.78 is 1.05. The van der Waals surface area contributed by atoms with Gasteiger partial charge in [0.2, 0.25) is 5.91 Å². The number of aromatic nitrogens is 2. The van der Waals surface area contributed by atoms with E-state index >= 15 is 0 Å². The van der Waals surface area contributed by atoms with Gasteiger partial charge in [0.15, 0.2) is 0 Å². The Labute approximate surface area is 163 Å². The number of carbonyl (C=O) groups is 1. The van der Waals surface area contributed by atoms with Crippen molar-refractivity contribution in [3.8, 4) is 0 Å². The normalized spacial score (nSPS) is 12.7. The third-order valence-electron chi connectivity index (χ3n) is 4.84. The van der Waals surface area contributed by atoms with Crippen LogP contribution in [0.3, 0.4) is 0 Å². The summed E-state index contributed by atoms with van der Waals surface area (Å²) in [5.74, 6) is -0.347. The van der Waals surface area contributed by atoms with E-state index in [1.807, 2.05) is 19.1 Å². The molecule has 0 saturated heterocycles. The average molecular weight is 379 g/mol. The standard InChI is InChI=1S/C22H25N3O3/c1-14(15-9-11-16(12-10-15)22(2,3)4)23-19(26)13-25-21(28)18-8-6-5-7-17(18)20(27)24-25/h5-12,14H,13H2,1-4H3,(H,23,26)(H,24,27)/t14-/m0/s1. The maximum atomic E-state index is 12.5. The summed E-state index contributed by atoms with van der Waals surface area (Å²) in [4.78, 5) is 37.1. The van der Waals surface area contributed by atoms with Gasteiger partial charge in [-0.15, -0.1) is 0 Å². The van der Waals surface area contributed by atoms with E-state index < -0.39 is 11.1 Å². The van der Waals surface area contributed by atoms with E-state index in [0.29, 0.717) is 10.8 Å². The third kappa shape index (κ3) is 4.06. The van der Waals surface area contributed by atoms with Gasteiger partial charge in [0.1, 0.15) is 6.54 Å². The Morgan fingerprint density at radius 1 is 1.04 bits per heavy atom. The molecule has 6 heteroatoms. The van der Waals surface area contributed by atoms with E-state index in [4.69, 9.17) is 0 Å². The van der Waals surface area contributed by atoms with Gasteiger partial charge in [0, 0.05) is 0 Å². The highest BCUT2D eigenvalue weighted by atomic mass is 16.2. The topological polar surface area (TPSA) is 84.0 Å². The number of hydrogen-bond acceptors (Lipinski definition) is 3. The van der Waals surface area contributed by atoms with Crippen LogP contribution in [0.1, 0.15) is 44.9 Å². The molecule has 6 nitrogen and oxygen atoms in total. The van der Waals surface area contributed by atoms with Gasteiger partial charge in [-0.2, -0.15) is 0 Å². The molecule has 2 aromatic carbocycles. The molecule has 28 heavy (non-hydrogen) atoms. The van der Waals surface area contributed by atoms with Gasteiger partial charge in [-0.05, 0) is 35.6 Å². The van der Waals surface area contributed by atoms with Crippen LogP contribution in [0.5, 0.6) is 0 Å². The van der Waals surface area contributed by atoms with Crippen molar-refractivity contribution in [3.63, 3.8) is 0 Å². The predicted octanol–water partition coefficient (Wildman–Crippen LogP) is 2.86. The van der Waals surface area contributed by atoms with E-state index in [1.54, 1.807) is 24.3 Å². The van der Waals surface area contributed by atoms with Crippen LogP contribution in [-0.2, 0) is 16.8 Å². The molecule has 1 amide bonds. The third-order valence-corrected chi connectivity index (χ3v) is 4.84. The first-order valence-corrected chi connectivity index (χ1v) is 9.28. The molecule has 0 unspecified atom stereocenters. The average Bonchev–Trinajstić information content (AvgIpc) is 2.65. The number of amides is 1. The zero-order chi connectivity index (χ0) is 20.5. The number of benzene rings is 2. The van der Waals surface area contributed by atoms with Gasteiger partial charge < -0.3 is 5.32 Å². The Morgan fingerprint density at radius 3 is 2.25 bits per heavy atom. The van der Waals surface area contributed by atoms with E-state index in [-0.39, 0.29) is 23.9 Å². The first kappa shape index (κ1) is 19.6. The molecule has 2 N–H and O–H groups in total. The van der Waals surface area contributed by atoms with Gasteiger partial charge in [0.25, 0.3) is 11.1 Å². The van der Waals surface area contributed by atoms with E-state index in [2.05, 4.69) is 43.3 Å². The minimum atomic E-state index is -0.396. The predicted molar refractivity (Wildman–Crippen MR) is 111 cm³/mol. The van der Waals surface area contributed by atoms with Crippen LogP contribution in [-0.4, -0.2) is 15.7 Å². The number of nitrogens with one attached hydrogen (secondary N) is 2. The van der Waals surface area contributed by atoms with Gasteiger partial charge in [-0.3, -0.25) is 19.5 Å². The highest BCUT2D eigenvalue weighted by Crippen LogP contribution is 2.23. The molecular formula is C22H25N3O3. The van der Waals surface area contributed by atoms with Crippen molar-refractivity contribution in [1.29, 1.82) is 0 Å². The molecule has 1 heterocycles. The molecule has 3 rings (SSSR count). The summed E-state index contributed by atoms with van der Waals surface area (Å²) >= 11 is 0. The zero-order valence-corrected chi connectivity index (χ0v) is 16.6. The molecule has 1 aromatic heterocycles. The Hall–Kier alpha value is -3.15. The molecule has 0 fully saturated rings. The van der Waals surface area contributed by atoms with Crippen LogP contribution in [0, 0.1) is 0 Å². The molecule has 0 bridgehead atoms. The lowest BCUT2D eigenvalue weighted by Crippen LogP contribution is -2.37. The van der Waals surface area contributed by atoms with Crippen molar-refractivity contribution in [3.05, 3.63) is 80.4 Å². The van der Waals surface area contributed by atoms with Crippen LogP contribution in [0.15, 0.2) is 58.1 Å². The number of rotatable bonds is 4. The minimum Gasteiger partial charge on any atom is -0.348 e. The Kier molecular flexibility index (Phi) is 5.23. The molecule has 146 valence electrons. The summed E-state index contributed by atoms with van der Waals surface area (Å²) in [5.41, 5.74) is 1.46. The van der Waals surface area contributed by atoms with Crippen LogP contribution >= 0.6 is 0 Å². The van der Waals surface area contributed by atoms with Crippen molar-refractivity contribution in [1.82, 2.24) is 15.1 Å². The van der Waals surface area contributed by atoms with Crippen LogP contribution in [0.4, 0.5) is 0 Å². The smallest absolute Gasteiger partial charge is 0.273 e. The lowest BCUT2D eigenvalue weighted by atomic mass is 9.86. The van der Waals surface area contributed by atoms with Gasteiger partial charge in [0.05, 0.1) is 16.8 Å². The number of H-pyrrole nitrogens is 1. The van der Waals surface area contributed by atoms with E-state index in [0.717, 1.165) is 10.2 Å². The number of nitrogens with zero attached hydrogens (tertiary/aromatic N) is 1. The maximum Gasteiger partial charge on any atom is 0.273 e. The van der Waals surface area contributed by atoms with Crippen LogP contribution < -0.4 is 16.4 Å². The SMILES string of the molecule is C[C@H](NC(=O)Cn1[nH]c(=O)c2ccccc2c1=O)c1ccc(C(C)(C)C)cc1. The molecule has 0 aliphatic carbocycles. The molecular weight excluding hydrogens is 354 g/mol. The first-order chi connectivity index (χ1) is 13.2. The number of hydrogen-bond donors (Lipinski definition) is 2. The van der Waals surface area contributed by atoms with Crippen LogP contribution in [0.25, 0.3) is 10.8 Å². The van der Waals surface area contributed by atoms with Gasteiger partial charge in [-0.1, -0.05) is 57.2 Å².